The van der Waals surface area contributed by atoms with Gasteiger partial charge in [0.25, 0.3) is 5.91 Å². The first-order chi connectivity index (χ1) is 15.9. The number of fused-ring (bicyclic) bond motifs is 1. The Morgan fingerprint density at radius 1 is 1.24 bits per heavy atom. The van der Waals surface area contributed by atoms with E-state index in [1.165, 1.54) is 18.3 Å². The van der Waals surface area contributed by atoms with Gasteiger partial charge in [0.05, 0.1) is 29.4 Å². The van der Waals surface area contributed by atoms with Gasteiger partial charge in [-0.15, -0.1) is 0 Å². The van der Waals surface area contributed by atoms with Gasteiger partial charge in [0, 0.05) is 30.5 Å². The summed E-state index contributed by atoms with van der Waals surface area (Å²) >= 11 is 0. The van der Waals surface area contributed by atoms with E-state index >= 15 is 0 Å². The topological polar surface area (TPSA) is 79.1 Å². The van der Waals surface area contributed by atoms with E-state index in [4.69, 9.17) is 0 Å². The molecule has 1 saturated heterocycles. The van der Waals surface area contributed by atoms with E-state index in [0.29, 0.717) is 36.0 Å². The van der Waals surface area contributed by atoms with Crippen LogP contribution in [-0.4, -0.2) is 45.9 Å². The van der Waals surface area contributed by atoms with Crippen LogP contribution in [0.3, 0.4) is 0 Å². The minimum Gasteiger partial charge on any atom is -0.435 e. The number of nitrogens with one attached hydrogen (secondary N) is 1. The molecule has 5 rings (SSSR count). The zero-order chi connectivity index (χ0) is 23.1. The normalized spacial score (nSPS) is 22.6. The third-order valence-corrected chi connectivity index (χ3v) is 6.29. The fourth-order valence-corrected chi connectivity index (χ4v) is 4.66. The predicted molar refractivity (Wildman–Crippen MR) is 114 cm³/mol. The number of halogens is 3. The lowest BCUT2D eigenvalue weighted by Gasteiger charge is -2.31. The van der Waals surface area contributed by atoms with Crippen LogP contribution < -0.4 is 15.0 Å². The predicted octanol–water partition coefficient (Wildman–Crippen LogP) is 3.67. The van der Waals surface area contributed by atoms with Crippen LogP contribution in [0.4, 0.5) is 18.9 Å². The summed E-state index contributed by atoms with van der Waals surface area (Å²) in [4.78, 5) is 14.8. The van der Waals surface area contributed by atoms with Gasteiger partial charge in [-0.05, 0) is 55.5 Å². The number of carbonyl (C=O) groups is 1. The molecule has 0 unspecified atom stereocenters. The highest BCUT2D eigenvalue weighted by Crippen LogP contribution is 2.38. The molecule has 3 heterocycles. The number of amides is 1. The Labute approximate surface area is 187 Å². The van der Waals surface area contributed by atoms with Crippen LogP contribution in [0.1, 0.15) is 47.6 Å². The van der Waals surface area contributed by atoms with Gasteiger partial charge in [0.1, 0.15) is 11.6 Å². The lowest BCUT2D eigenvalue weighted by Crippen LogP contribution is -2.46. The number of rotatable bonds is 6. The summed E-state index contributed by atoms with van der Waals surface area (Å²) in [5.41, 5.74) is 2.42. The van der Waals surface area contributed by atoms with Gasteiger partial charge in [-0.2, -0.15) is 13.9 Å². The van der Waals surface area contributed by atoms with Crippen molar-refractivity contribution in [2.24, 2.45) is 0 Å². The monoisotopic (exact) mass is 460 g/mol. The number of ether oxygens (including phenoxy) is 1. The number of hydrogen-bond donors (Lipinski definition) is 2. The molecule has 7 nitrogen and oxygen atoms in total. The van der Waals surface area contributed by atoms with E-state index in [9.17, 15) is 23.1 Å². The molecule has 2 N–H and O–H groups in total. The average Bonchev–Trinajstić information content (AvgIpc) is 3.38. The minimum absolute atomic E-state index is 0.0498. The molecule has 1 aromatic carbocycles. The van der Waals surface area contributed by atoms with E-state index in [-0.39, 0.29) is 29.8 Å². The van der Waals surface area contributed by atoms with Crippen molar-refractivity contribution < 1.29 is 27.8 Å². The second kappa shape index (κ2) is 8.58. The smallest absolute Gasteiger partial charge is 0.387 e. The molecule has 2 aromatic heterocycles. The number of aliphatic hydroxyl groups excluding tert-OH is 1. The molecular weight excluding hydrogens is 437 g/mol. The molecule has 2 aliphatic rings. The zero-order valence-corrected chi connectivity index (χ0v) is 17.6. The van der Waals surface area contributed by atoms with Crippen LogP contribution in [0.25, 0.3) is 5.52 Å². The lowest BCUT2D eigenvalue weighted by atomic mass is 9.89. The number of alkyl halides is 2. The van der Waals surface area contributed by atoms with E-state index in [1.807, 2.05) is 12.1 Å². The molecular formula is C23H23F3N4O3. The highest BCUT2D eigenvalue weighted by atomic mass is 19.3. The summed E-state index contributed by atoms with van der Waals surface area (Å²) in [6.07, 6.45) is 5.53. The Bertz CT molecular complexity index is 1180. The van der Waals surface area contributed by atoms with Gasteiger partial charge in [-0.25, -0.2) is 8.91 Å². The van der Waals surface area contributed by atoms with E-state index < -0.39 is 12.4 Å². The van der Waals surface area contributed by atoms with Crippen LogP contribution in [0, 0.1) is 5.82 Å². The zero-order valence-electron chi connectivity index (χ0n) is 17.6. The number of aromatic nitrogens is 2. The molecule has 0 spiro atoms. The Balaban J connectivity index is 1.42. The first-order valence-electron chi connectivity index (χ1n) is 10.9. The Morgan fingerprint density at radius 2 is 2.06 bits per heavy atom. The molecule has 10 heteroatoms. The van der Waals surface area contributed by atoms with E-state index in [2.05, 4.69) is 20.1 Å². The fraction of sp³-hybridized carbons (Fsp3) is 0.391. The molecule has 0 bridgehead atoms. The fourth-order valence-electron chi connectivity index (χ4n) is 4.66. The third kappa shape index (κ3) is 4.35. The number of aliphatic hydroxyl groups is 1. The quantitative estimate of drug-likeness (QED) is 0.587. The third-order valence-electron chi connectivity index (χ3n) is 6.29. The molecule has 174 valence electrons. The Morgan fingerprint density at radius 3 is 2.82 bits per heavy atom. The van der Waals surface area contributed by atoms with E-state index in [0.717, 1.165) is 24.6 Å². The average molecular weight is 460 g/mol. The van der Waals surface area contributed by atoms with Gasteiger partial charge in [-0.1, -0.05) is 0 Å². The molecule has 3 aromatic rings. The maximum atomic E-state index is 14.1. The van der Waals surface area contributed by atoms with Crippen LogP contribution in [-0.2, 0) is 0 Å². The van der Waals surface area contributed by atoms with Crippen molar-refractivity contribution in [1.82, 2.24) is 14.9 Å². The highest BCUT2D eigenvalue weighted by Gasteiger charge is 2.30. The van der Waals surface area contributed by atoms with Crippen LogP contribution in [0.5, 0.6) is 5.75 Å². The molecule has 1 amide bonds. The standard InChI is InChI=1S/C23H23F3N4O3/c24-14-6-13(7-18(8-14)33-23(25)26)20-2-1-4-29(20)16-3-5-30-21(11-16)19(12-27-30)22(32)28-15-9-17(31)10-15/h3,5-8,11-12,15,17,20,23,31H,1-2,4,9-10H2,(H,28,32)/t15?,17?,20-/m1/s1. The van der Waals surface area contributed by atoms with Crippen LogP contribution in [0.15, 0.2) is 42.7 Å². The second-order valence-electron chi connectivity index (χ2n) is 8.52. The minimum atomic E-state index is -3.03. The van der Waals surface area contributed by atoms with Crippen molar-refractivity contribution >= 4 is 17.1 Å². The largest absolute Gasteiger partial charge is 0.435 e. The number of hydrogen-bond acceptors (Lipinski definition) is 5. The maximum Gasteiger partial charge on any atom is 0.387 e. The Hall–Kier alpha value is -3.27. The number of nitrogens with zero attached hydrogens (tertiary/aromatic N) is 3. The number of carbonyl (C=O) groups excluding carboxylic acids is 1. The number of benzene rings is 1. The van der Waals surface area contributed by atoms with Gasteiger partial charge in [0.15, 0.2) is 0 Å². The molecule has 1 aliphatic carbocycles. The van der Waals surface area contributed by atoms with Gasteiger partial charge >= 0.3 is 6.61 Å². The molecule has 0 radical (unpaired) electrons. The van der Waals surface area contributed by atoms with Gasteiger partial charge in [-0.3, -0.25) is 4.79 Å². The number of pyridine rings is 1. The summed E-state index contributed by atoms with van der Waals surface area (Å²) in [5.74, 6) is -1.10. The van der Waals surface area contributed by atoms with E-state index in [1.54, 1.807) is 10.7 Å². The lowest BCUT2D eigenvalue weighted by molar-refractivity contribution is -0.0500. The number of anilines is 1. The van der Waals surface area contributed by atoms with Crippen LogP contribution >= 0.6 is 0 Å². The highest BCUT2D eigenvalue weighted by molar-refractivity contribution is 6.01. The molecule has 33 heavy (non-hydrogen) atoms. The first kappa shape index (κ1) is 21.6. The molecule has 1 atom stereocenters. The van der Waals surface area contributed by atoms with Gasteiger partial charge < -0.3 is 20.1 Å². The van der Waals surface area contributed by atoms with Gasteiger partial charge in [0.2, 0.25) is 0 Å². The van der Waals surface area contributed by atoms with Crippen molar-refractivity contribution in [1.29, 1.82) is 0 Å². The van der Waals surface area contributed by atoms with Crippen molar-refractivity contribution in [2.75, 3.05) is 11.4 Å². The van der Waals surface area contributed by atoms with Crippen LogP contribution in [0.2, 0.25) is 0 Å². The maximum absolute atomic E-state index is 14.1. The van der Waals surface area contributed by atoms with Crippen molar-refractivity contribution in [3.05, 3.63) is 59.7 Å². The molecule has 2 fully saturated rings. The van der Waals surface area contributed by atoms with Crippen molar-refractivity contribution in [3.63, 3.8) is 0 Å². The summed E-state index contributed by atoms with van der Waals surface area (Å²) in [7, 11) is 0. The first-order valence-corrected chi connectivity index (χ1v) is 10.9. The van der Waals surface area contributed by atoms with Crippen molar-refractivity contribution in [2.45, 2.75) is 50.5 Å². The van der Waals surface area contributed by atoms with Crippen molar-refractivity contribution in [3.8, 4) is 5.75 Å². The SMILES string of the molecule is O=C(NC1CC(O)C1)c1cnn2ccc(N3CCC[C@@H]3c3cc(F)cc(OC(F)F)c3)cc12. The summed E-state index contributed by atoms with van der Waals surface area (Å²) in [6.45, 7) is -2.34. The summed E-state index contributed by atoms with van der Waals surface area (Å²) < 4.78 is 45.4. The molecule has 1 saturated carbocycles. The summed E-state index contributed by atoms with van der Waals surface area (Å²) in [5, 5.41) is 16.6. The second-order valence-corrected chi connectivity index (χ2v) is 8.52. The summed E-state index contributed by atoms with van der Waals surface area (Å²) in [6, 6.07) is 7.17. The Kier molecular flexibility index (Phi) is 5.61. The molecule has 1 aliphatic heterocycles.